The van der Waals surface area contributed by atoms with Crippen LogP contribution in [0.25, 0.3) is 0 Å². The van der Waals surface area contributed by atoms with Crippen LogP contribution in [0, 0.1) is 6.92 Å². The molecular formula is C16H21N5. The maximum Gasteiger partial charge on any atom is 0.225 e. The molecule has 1 fully saturated rings. The van der Waals surface area contributed by atoms with Crippen molar-refractivity contribution in [3.63, 3.8) is 0 Å². The van der Waals surface area contributed by atoms with Crippen molar-refractivity contribution in [3.8, 4) is 0 Å². The highest BCUT2D eigenvalue weighted by Crippen LogP contribution is 2.21. The Labute approximate surface area is 125 Å². The number of rotatable bonds is 3. The molecule has 1 saturated heterocycles. The second-order valence-electron chi connectivity index (χ2n) is 5.34. The van der Waals surface area contributed by atoms with Crippen molar-refractivity contribution in [3.05, 3.63) is 47.8 Å². The third kappa shape index (κ3) is 2.97. The molecule has 2 aromatic rings. The lowest BCUT2D eigenvalue weighted by Gasteiger charge is -2.36. The van der Waals surface area contributed by atoms with Crippen LogP contribution in [0.3, 0.4) is 0 Å². The van der Waals surface area contributed by atoms with Gasteiger partial charge < -0.3 is 15.5 Å². The minimum absolute atomic E-state index is 0.602. The fourth-order valence-corrected chi connectivity index (χ4v) is 2.72. The van der Waals surface area contributed by atoms with Crippen molar-refractivity contribution >= 4 is 11.6 Å². The quantitative estimate of drug-likeness (QED) is 0.926. The highest BCUT2D eigenvalue weighted by molar-refractivity contribution is 5.52. The molecule has 110 valence electrons. The largest absolute Gasteiger partial charge is 0.368 e. The van der Waals surface area contributed by atoms with E-state index in [1.165, 1.54) is 16.8 Å². The number of anilines is 2. The van der Waals surface area contributed by atoms with E-state index in [2.05, 4.69) is 44.9 Å². The number of nitrogens with zero attached hydrogens (tertiary/aromatic N) is 4. The van der Waals surface area contributed by atoms with Crippen molar-refractivity contribution in [2.75, 3.05) is 36.0 Å². The molecule has 2 heterocycles. The molecular weight excluding hydrogens is 262 g/mol. The number of aromatic nitrogens is 2. The van der Waals surface area contributed by atoms with Gasteiger partial charge in [-0.1, -0.05) is 6.07 Å². The van der Waals surface area contributed by atoms with Crippen LogP contribution in [-0.2, 0) is 6.54 Å². The summed E-state index contributed by atoms with van der Waals surface area (Å²) in [6, 6.07) is 8.39. The van der Waals surface area contributed by atoms with Crippen LogP contribution in [0.4, 0.5) is 11.6 Å². The van der Waals surface area contributed by atoms with E-state index in [-0.39, 0.29) is 0 Å². The van der Waals surface area contributed by atoms with Crippen LogP contribution >= 0.6 is 0 Å². The van der Waals surface area contributed by atoms with Gasteiger partial charge in [0, 0.05) is 50.8 Å². The van der Waals surface area contributed by atoms with Crippen molar-refractivity contribution in [2.24, 2.45) is 5.73 Å². The van der Waals surface area contributed by atoms with Gasteiger partial charge in [0.2, 0.25) is 5.95 Å². The molecule has 1 aromatic heterocycles. The lowest BCUT2D eigenvalue weighted by Crippen LogP contribution is -2.47. The number of piperazine rings is 1. The molecule has 2 N–H and O–H groups in total. The third-order valence-electron chi connectivity index (χ3n) is 4.03. The number of hydrogen-bond donors (Lipinski definition) is 1. The molecule has 1 aromatic carbocycles. The molecule has 0 aliphatic carbocycles. The topological polar surface area (TPSA) is 58.3 Å². The van der Waals surface area contributed by atoms with E-state index >= 15 is 0 Å². The Morgan fingerprint density at radius 3 is 2.33 bits per heavy atom. The van der Waals surface area contributed by atoms with Crippen molar-refractivity contribution in [1.82, 2.24) is 9.97 Å². The molecule has 0 unspecified atom stereocenters. The second kappa shape index (κ2) is 6.10. The monoisotopic (exact) mass is 283 g/mol. The summed E-state index contributed by atoms with van der Waals surface area (Å²) < 4.78 is 0. The third-order valence-corrected chi connectivity index (χ3v) is 4.03. The van der Waals surface area contributed by atoms with Gasteiger partial charge in [-0.25, -0.2) is 9.97 Å². The highest BCUT2D eigenvalue weighted by atomic mass is 15.3. The Balaban J connectivity index is 1.67. The first-order chi connectivity index (χ1) is 10.3. The Kier molecular flexibility index (Phi) is 4.01. The molecule has 0 saturated carbocycles. The molecule has 1 aliphatic heterocycles. The summed E-state index contributed by atoms with van der Waals surface area (Å²) in [6.45, 7) is 6.59. The molecule has 0 radical (unpaired) electrons. The van der Waals surface area contributed by atoms with Gasteiger partial charge >= 0.3 is 0 Å². The van der Waals surface area contributed by atoms with Gasteiger partial charge in [0.15, 0.2) is 0 Å². The van der Waals surface area contributed by atoms with Crippen LogP contribution in [0.1, 0.15) is 11.1 Å². The number of aryl methyl sites for hydroxylation is 1. The molecule has 0 atom stereocenters. The van der Waals surface area contributed by atoms with E-state index in [0.717, 1.165) is 32.1 Å². The summed E-state index contributed by atoms with van der Waals surface area (Å²) in [4.78, 5) is 13.3. The van der Waals surface area contributed by atoms with E-state index in [4.69, 9.17) is 5.73 Å². The van der Waals surface area contributed by atoms with E-state index in [1.54, 1.807) is 12.4 Å². The van der Waals surface area contributed by atoms with Crippen molar-refractivity contribution in [1.29, 1.82) is 0 Å². The lowest BCUT2D eigenvalue weighted by molar-refractivity contribution is 0.640. The Hall–Kier alpha value is -2.14. The zero-order valence-electron chi connectivity index (χ0n) is 12.4. The number of nitrogens with two attached hydrogens (primary N) is 1. The van der Waals surface area contributed by atoms with Gasteiger partial charge in [-0.3, -0.25) is 0 Å². The van der Waals surface area contributed by atoms with E-state index in [1.807, 2.05) is 6.07 Å². The highest BCUT2D eigenvalue weighted by Gasteiger charge is 2.19. The van der Waals surface area contributed by atoms with Crippen LogP contribution < -0.4 is 15.5 Å². The van der Waals surface area contributed by atoms with E-state index in [9.17, 15) is 0 Å². The summed E-state index contributed by atoms with van der Waals surface area (Å²) in [5.74, 6) is 0.826. The van der Waals surface area contributed by atoms with Gasteiger partial charge in [-0.05, 0) is 36.2 Å². The molecule has 5 nitrogen and oxygen atoms in total. The standard InChI is InChI=1S/C16H21N5/c1-13-11-15(4-3-14(13)12-17)20-7-9-21(10-8-20)16-18-5-2-6-19-16/h2-6,11H,7-10,12,17H2,1H3. The summed E-state index contributed by atoms with van der Waals surface area (Å²) in [6.07, 6.45) is 3.59. The summed E-state index contributed by atoms with van der Waals surface area (Å²) >= 11 is 0. The molecule has 3 rings (SSSR count). The Morgan fingerprint density at radius 1 is 1.05 bits per heavy atom. The van der Waals surface area contributed by atoms with Gasteiger partial charge in [-0.15, -0.1) is 0 Å². The lowest BCUT2D eigenvalue weighted by atomic mass is 10.1. The maximum absolute atomic E-state index is 5.73. The second-order valence-corrected chi connectivity index (χ2v) is 5.34. The number of benzene rings is 1. The first-order valence-electron chi connectivity index (χ1n) is 7.34. The fraction of sp³-hybridized carbons (Fsp3) is 0.375. The molecule has 0 bridgehead atoms. The van der Waals surface area contributed by atoms with E-state index in [0.29, 0.717) is 6.54 Å². The van der Waals surface area contributed by atoms with Crippen molar-refractivity contribution in [2.45, 2.75) is 13.5 Å². The zero-order valence-corrected chi connectivity index (χ0v) is 12.4. The minimum Gasteiger partial charge on any atom is -0.368 e. The predicted octanol–water partition coefficient (Wildman–Crippen LogP) is 1.57. The average Bonchev–Trinajstić information content (AvgIpc) is 2.56. The summed E-state index contributed by atoms with van der Waals surface area (Å²) in [5, 5.41) is 0. The molecule has 5 heteroatoms. The van der Waals surface area contributed by atoms with Crippen molar-refractivity contribution < 1.29 is 0 Å². The van der Waals surface area contributed by atoms with Gasteiger partial charge in [0.25, 0.3) is 0 Å². The summed E-state index contributed by atoms with van der Waals surface area (Å²) in [5.41, 5.74) is 9.49. The van der Waals surface area contributed by atoms with Crippen LogP contribution in [0.5, 0.6) is 0 Å². The van der Waals surface area contributed by atoms with Gasteiger partial charge in [0.05, 0.1) is 0 Å². The molecule has 0 spiro atoms. The van der Waals surface area contributed by atoms with Gasteiger partial charge in [0.1, 0.15) is 0 Å². The molecule has 1 aliphatic rings. The normalized spacial score (nSPS) is 15.3. The first-order valence-corrected chi connectivity index (χ1v) is 7.34. The predicted molar refractivity (Wildman–Crippen MR) is 85.5 cm³/mol. The SMILES string of the molecule is Cc1cc(N2CCN(c3ncccn3)CC2)ccc1CN. The number of hydrogen-bond acceptors (Lipinski definition) is 5. The smallest absolute Gasteiger partial charge is 0.225 e. The van der Waals surface area contributed by atoms with E-state index < -0.39 is 0 Å². The summed E-state index contributed by atoms with van der Waals surface area (Å²) in [7, 11) is 0. The average molecular weight is 283 g/mol. The van der Waals surface area contributed by atoms with Crippen LogP contribution in [-0.4, -0.2) is 36.1 Å². The maximum atomic E-state index is 5.73. The molecule has 21 heavy (non-hydrogen) atoms. The Bertz CT molecular complexity index is 591. The first kappa shape index (κ1) is 13.8. The van der Waals surface area contributed by atoms with Gasteiger partial charge in [-0.2, -0.15) is 0 Å². The molecule has 0 amide bonds. The van der Waals surface area contributed by atoms with Crippen LogP contribution in [0.2, 0.25) is 0 Å². The fourth-order valence-electron chi connectivity index (χ4n) is 2.72. The Morgan fingerprint density at radius 2 is 1.71 bits per heavy atom. The minimum atomic E-state index is 0.602. The van der Waals surface area contributed by atoms with Crippen LogP contribution in [0.15, 0.2) is 36.7 Å². The zero-order chi connectivity index (χ0) is 14.7.